The number of hydrogen-bond donors (Lipinski definition) is 0. The maximum atomic E-state index is 6.87. The zero-order valence-electron chi connectivity index (χ0n) is 28.8. The van der Waals surface area contributed by atoms with Gasteiger partial charge in [0.15, 0.2) is 0 Å². The van der Waals surface area contributed by atoms with Crippen LogP contribution in [-0.4, -0.2) is 34.4 Å². The summed E-state index contributed by atoms with van der Waals surface area (Å²) in [6.07, 6.45) is 0. The van der Waals surface area contributed by atoms with E-state index in [2.05, 4.69) is 109 Å². The van der Waals surface area contributed by atoms with Gasteiger partial charge in [0.05, 0.1) is 0 Å². The Bertz CT molecular complexity index is 3150. The van der Waals surface area contributed by atoms with Crippen LogP contribution in [0.1, 0.15) is 0 Å². The quantitative estimate of drug-likeness (QED) is 0.129. The zero-order valence-corrected chi connectivity index (χ0v) is 30.5. The van der Waals surface area contributed by atoms with E-state index < -0.39 is 0 Å². The van der Waals surface area contributed by atoms with Crippen molar-refractivity contribution in [3.05, 3.63) is 170 Å². The zero-order chi connectivity index (χ0) is 35.6. The summed E-state index contributed by atoms with van der Waals surface area (Å²) < 4.78 is 9.59. The van der Waals surface area contributed by atoms with E-state index in [-0.39, 0.29) is 14.5 Å². The van der Waals surface area contributed by atoms with Gasteiger partial charge in [0, 0.05) is 11.1 Å². The predicted octanol–water partition coefficient (Wildman–Crippen LogP) is 12.0. The molecular weight excluding hydrogens is 728 g/mol. The Balaban J connectivity index is 1.10. The van der Waals surface area contributed by atoms with Crippen molar-refractivity contribution in [1.82, 2.24) is 19.9 Å². The van der Waals surface area contributed by atoms with Gasteiger partial charge in [-0.2, -0.15) is 0 Å². The molecule has 8 aromatic carbocycles. The van der Waals surface area contributed by atoms with E-state index in [9.17, 15) is 0 Å². The van der Waals surface area contributed by atoms with Crippen molar-refractivity contribution in [3.63, 3.8) is 0 Å². The normalized spacial score (nSPS) is 11.7. The second-order valence-electron chi connectivity index (χ2n) is 13.4. The smallest absolute Gasteiger partial charge is 0.0512 e. The van der Waals surface area contributed by atoms with Crippen LogP contribution in [0.4, 0.5) is 0 Å². The first kappa shape index (κ1) is 30.9. The molecule has 11 aromatic rings. The van der Waals surface area contributed by atoms with Crippen LogP contribution in [0, 0.1) is 0 Å². The van der Waals surface area contributed by atoms with Crippen LogP contribution in [0.25, 0.3) is 109 Å². The fraction of sp³-hybridized carbons (Fsp3) is 0. The molecule has 54 heavy (non-hydrogen) atoms. The van der Waals surface area contributed by atoms with Crippen molar-refractivity contribution < 1.29 is 4.42 Å². The van der Waals surface area contributed by atoms with Crippen molar-refractivity contribution in [1.29, 1.82) is 0 Å². The number of fused-ring (bicyclic) bond motifs is 8. The van der Waals surface area contributed by atoms with Crippen LogP contribution >= 0.6 is 0 Å². The third-order valence-corrected chi connectivity index (χ3v) is 12.9. The van der Waals surface area contributed by atoms with Crippen molar-refractivity contribution in [2.24, 2.45) is 0 Å². The molecule has 6 heteroatoms. The van der Waals surface area contributed by atoms with Gasteiger partial charge in [-0.25, -0.2) is 4.98 Å². The van der Waals surface area contributed by atoms with E-state index >= 15 is 0 Å². The molecule has 0 aliphatic carbocycles. The van der Waals surface area contributed by atoms with E-state index in [1.807, 2.05) is 60.7 Å². The molecule has 252 valence electrons. The summed E-state index contributed by atoms with van der Waals surface area (Å²) in [6, 6.07) is 59.0. The first-order valence-corrected chi connectivity index (χ1v) is 19.6. The van der Waals surface area contributed by atoms with Gasteiger partial charge < -0.3 is 0 Å². The average molecular weight is 756 g/mol. The van der Waals surface area contributed by atoms with Gasteiger partial charge in [-0.1, -0.05) is 60.7 Å². The molecule has 0 saturated carbocycles. The molecule has 0 unspecified atom stereocenters. The Morgan fingerprint density at radius 3 is 1.59 bits per heavy atom. The topological polar surface area (TPSA) is 64.7 Å². The van der Waals surface area contributed by atoms with Gasteiger partial charge in [0.2, 0.25) is 0 Å². The second-order valence-corrected chi connectivity index (χ2v) is 15.5. The van der Waals surface area contributed by atoms with Gasteiger partial charge in [0.1, 0.15) is 0 Å². The van der Waals surface area contributed by atoms with Crippen LogP contribution < -0.4 is 0 Å². The molecule has 0 aliphatic rings. The molecular formula is C48H28N4OSe. The molecule has 0 saturated heterocycles. The van der Waals surface area contributed by atoms with E-state index in [1.165, 1.54) is 30.4 Å². The van der Waals surface area contributed by atoms with Crippen molar-refractivity contribution in [2.45, 2.75) is 0 Å². The van der Waals surface area contributed by atoms with Crippen LogP contribution in [0.15, 0.2) is 174 Å². The maximum absolute atomic E-state index is 6.87. The first-order valence-electron chi connectivity index (χ1n) is 17.9. The van der Waals surface area contributed by atoms with Crippen molar-refractivity contribution in [3.8, 4) is 56.7 Å². The summed E-state index contributed by atoms with van der Waals surface area (Å²) in [7, 11) is 0. The summed E-state index contributed by atoms with van der Waals surface area (Å²) in [4.78, 5) is 20.1. The summed E-state index contributed by atoms with van der Waals surface area (Å²) in [6.45, 7) is 0. The number of oxazole rings is 1. The molecule has 0 spiro atoms. The van der Waals surface area contributed by atoms with Gasteiger partial charge in [-0.3, -0.25) is 0 Å². The monoisotopic (exact) mass is 756 g/mol. The van der Waals surface area contributed by atoms with Crippen molar-refractivity contribution in [2.75, 3.05) is 0 Å². The molecule has 11 rings (SSSR count). The third-order valence-electron chi connectivity index (χ3n) is 10.2. The first-order chi connectivity index (χ1) is 26.7. The Hall–Kier alpha value is -6.72. The minimum absolute atomic E-state index is 0.0831. The molecule has 0 fully saturated rings. The summed E-state index contributed by atoms with van der Waals surface area (Å²) >= 11 is 0.0831. The molecule has 0 aliphatic heterocycles. The molecule has 3 heterocycles. The molecule has 5 nitrogen and oxygen atoms in total. The largest absolute Gasteiger partial charge is 0.0615 e. The standard InChI is InChI=1S/C48H28N4OSe/c1-4-12-29(13-5-1)35-18-10-19-36-37-20-11-21-38(44(37)54-43(35)36)48-49-40-27-26-31-24-22-30-23-25-34(28-39(30)41(31)42(40)53-48)47-51-45(32-14-6-2-7-15-32)50-46(52-47)33-16-8-3-9-17-33/h1-28H. The SMILES string of the molecule is c1ccc(-c2nc(-c3ccccc3)nc(-c3ccc4ccc5ccc6nc(-c7cccc8c7[se]c7c(-c9ccccc9)cccc78)oc6c5c4c3)n2)cc1. The van der Waals surface area contributed by atoms with Gasteiger partial charge in [0.25, 0.3) is 0 Å². The van der Waals surface area contributed by atoms with Crippen LogP contribution in [0.2, 0.25) is 0 Å². The summed E-state index contributed by atoms with van der Waals surface area (Å²) in [5.74, 6) is 2.53. The molecule has 0 radical (unpaired) electrons. The Morgan fingerprint density at radius 1 is 0.389 bits per heavy atom. The molecule has 0 amide bonds. The fourth-order valence-electron chi connectivity index (χ4n) is 7.55. The minimum atomic E-state index is 0.0831. The predicted molar refractivity (Wildman–Crippen MR) is 222 cm³/mol. The van der Waals surface area contributed by atoms with E-state index in [0.717, 1.165) is 54.9 Å². The van der Waals surface area contributed by atoms with Crippen LogP contribution in [0.3, 0.4) is 0 Å². The third kappa shape index (κ3) is 5.07. The molecule has 3 aromatic heterocycles. The van der Waals surface area contributed by atoms with Gasteiger partial charge in [-0.15, -0.1) is 0 Å². The van der Waals surface area contributed by atoms with E-state index in [1.54, 1.807) is 0 Å². The van der Waals surface area contributed by atoms with Gasteiger partial charge >= 0.3 is 241 Å². The van der Waals surface area contributed by atoms with Crippen molar-refractivity contribution >= 4 is 66.4 Å². The van der Waals surface area contributed by atoms with Crippen LogP contribution in [0.5, 0.6) is 0 Å². The minimum Gasteiger partial charge on any atom is -0.0615 e. The second kappa shape index (κ2) is 12.5. The molecule has 0 N–H and O–H groups in total. The van der Waals surface area contributed by atoms with Crippen LogP contribution in [-0.2, 0) is 0 Å². The number of hydrogen-bond acceptors (Lipinski definition) is 5. The fourth-order valence-corrected chi connectivity index (χ4v) is 10.4. The number of rotatable bonds is 5. The van der Waals surface area contributed by atoms with E-state index in [0.29, 0.717) is 23.4 Å². The Morgan fingerprint density at radius 2 is 0.926 bits per heavy atom. The van der Waals surface area contributed by atoms with Gasteiger partial charge in [-0.05, 0) is 0 Å². The molecule has 0 atom stereocenters. The number of aromatic nitrogens is 4. The number of nitrogens with zero attached hydrogens (tertiary/aromatic N) is 4. The molecule has 0 bridgehead atoms. The maximum Gasteiger partial charge on any atom is -0.0512 e. The Kier molecular flexibility index (Phi) is 7.12. The average Bonchev–Trinajstić information content (AvgIpc) is 3.86. The van der Waals surface area contributed by atoms with E-state index in [4.69, 9.17) is 24.4 Å². The summed E-state index contributed by atoms with van der Waals surface area (Å²) in [5.41, 5.74) is 7.99. The number of benzene rings is 8. The Labute approximate surface area is 316 Å². The summed E-state index contributed by atoms with van der Waals surface area (Å²) in [5, 5.41) is 6.85.